The highest BCUT2D eigenvalue weighted by molar-refractivity contribution is 5.73. The number of hydrogen-bond acceptors (Lipinski definition) is 3. The number of nitrogens with one attached hydrogen (secondary N) is 1. The largest absolute Gasteiger partial charge is 0.335 e. The zero-order chi connectivity index (χ0) is 13.4. The van der Waals surface area contributed by atoms with Crippen LogP contribution in [0.3, 0.4) is 0 Å². The topological polar surface area (TPSA) is 55.8 Å². The second-order valence-corrected chi connectivity index (χ2v) is 6.39. The Balaban J connectivity index is 2.75. The number of nitrogens with zero attached hydrogens (tertiary/aromatic N) is 2. The number of hydrogen-bond donors (Lipinski definition) is 2. The standard InChI is InChI=1S/C12H25N3O2/c1-11(2)7-9(13-10(16)14(5)6)8-12(3,4)15(11)17/h9,17H,7-8H2,1-6H3,(H,13,16). The number of carbonyl (C=O) groups excluding carboxylic acids is 1. The molecule has 0 unspecified atom stereocenters. The summed E-state index contributed by atoms with van der Waals surface area (Å²) in [6, 6.07) is 0.0197. The smallest absolute Gasteiger partial charge is 0.317 e. The fourth-order valence-electron chi connectivity index (χ4n) is 2.68. The van der Waals surface area contributed by atoms with Crippen LogP contribution in [0.4, 0.5) is 4.79 Å². The van der Waals surface area contributed by atoms with Gasteiger partial charge in [0, 0.05) is 31.2 Å². The number of rotatable bonds is 1. The van der Waals surface area contributed by atoms with Crippen LogP contribution in [0.5, 0.6) is 0 Å². The van der Waals surface area contributed by atoms with E-state index >= 15 is 0 Å². The van der Waals surface area contributed by atoms with E-state index < -0.39 is 0 Å². The molecule has 0 aromatic carbocycles. The van der Waals surface area contributed by atoms with E-state index in [-0.39, 0.29) is 23.2 Å². The average molecular weight is 243 g/mol. The van der Waals surface area contributed by atoms with E-state index in [2.05, 4.69) is 5.32 Å². The predicted octanol–water partition coefficient (Wildman–Crippen LogP) is 1.67. The van der Waals surface area contributed by atoms with Crippen LogP contribution in [-0.4, -0.2) is 52.4 Å². The van der Waals surface area contributed by atoms with E-state index in [1.54, 1.807) is 14.1 Å². The molecule has 2 amide bonds. The Kier molecular flexibility index (Phi) is 3.74. The molecule has 2 N–H and O–H groups in total. The molecule has 100 valence electrons. The highest BCUT2D eigenvalue weighted by Gasteiger charge is 2.45. The first-order chi connectivity index (χ1) is 7.56. The molecular weight excluding hydrogens is 218 g/mol. The third-order valence-corrected chi connectivity index (χ3v) is 3.37. The van der Waals surface area contributed by atoms with Gasteiger partial charge in [0.25, 0.3) is 0 Å². The molecule has 1 saturated heterocycles. The molecule has 1 rings (SSSR count). The molecule has 0 atom stereocenters. The lowest BCUT2D eigenvalue weighted by Gasteiger charge is -2.51. The van der Waals surface area contributed by atoms with E-state index in [1.807, 2.05) is 27.7 Å². The fourth-order valence-corrected chi connectivity index (χ4v) is 2.68. The molecule has 1 aliphatic heterocycles. The van der Waals surface area contributed by atoms with Crippen LogP contribution in [0.2, 0.25) is 0 Å². The van der Waals surface area contributed by atoms with Gasteiger partial charge >= 0.3 is 6.03 Å². The first-order valence-electron chi connectivity index (χ1n) is 6.03. The lowest BCUT2D eigenvalue weighted by Crippen LogP contribution is -2.63. The monoisotopic (exact) mass is 243 g/mol. The van der Waals surface area contributed by atoms with Crippen molar-refractivity contribution in [3.63, 3.8) is 0 Å². The molecule has 17 heavy (non-hydrogen) atoms. The highest BCUT2D eigenvalue weighted by Crippen LogP contribution is 2.36. The zero-order valence-electron chi connectivity index (χ0n) is 11.7. The van der Waals surface area contributed by atoms with Crippen molar-refractivity contribution in [1.82, 2.24) is 15.3 Å². The number of urea groups is 1. The number of carbonyl (C=O) groups is 1. The van der Waals surface area contributed by atoms with Gasteiger partial charge in [-0.15, -0.1) is 0 Å². The van der Waals surface area contributed by atoms with Gasteiger partial charge in [0.15, 0.2) is 0 Å². The summed E-state index contributed by atoms with van der Waals surface area (Å²) >= 11 is 0. The summed E-state index contributed by atoms with van der Waals surface area (Å²) in [6.07, 6.45) is 1.49. The molecule has 1 heterocycles. The van der Waals surface area contributed by atoms with Crippen LogP contribution in [0.1, 0.15) is 40.5 Å². The molecule has 0 aromatic rings. The maximum Gasteiger partial charge on any atom is 0.317 e. The Morgan fingerprint density at radius 3 is 2.00 bits per heavy atom. The number of amides is 2. The maximum atomic E-state index is 11.7. The summed E-state index contributed by atoms with van der Waals surface area (Å²) in [4.78, 5) is 13.2. The van der Waals surface area contributed by atoms with E-state index in [9.17, 15) is 10.0 Å². The lowest BCUT2D eigenvalue weighted by molar-refractivity contribution is -0.245. The van der Waals surface area contributed by atoms with Gasteiger partial charge < -0.3 is 15.4 Å². The van der Waals surface area contributed by atoms with Crippen molar-refractivity contribution >= 4 is 6.03 Å². The van der Waals surface area contributed by atoms with Crippen LogP contribution in [0, 0.1) is 0 Å². The Hall–Kier alpha value is -0.810. The molecule has 0 aromatic heterocycles. The minimum absolute atomic E-state index is 0.0759. The highest BCUT2D eigenvalue weighted by atomic mass is 16.5. The van der Waals surface area contributed by atoms with E-state index in [1.165, 1.54) is 9.96 Å². The first kappa shape index (κ1) is 14.3. The molecule has 1 aliphatic rings. The van der Waals surface area contributed by atoms with Gasteiger partial charge in [-0.2, -0.15) is 5.06 Å². The van der Waals surface area contributed by atoms with Gasteiger partial charge in [-0.25, -0.2) is 4.79 Å². The van der Waals surface area contributed by atoms with Gasteiger partial charge in [0.2, 0.25) is 0 Å². The first-order valence-corrected chi connectivity index (χ1v) is 6.03. The van der Waals surface area contributed by atoms with E-state index in [0.717, 1.165) is 12.8 Å². The van der Waals surface area contributed by atoms with Crippen LogP contribution < -0.4 is 5.32 Å². The third kappa shape index (κ3) is 3.10. The number of piperidine rings is 1. The molecule has 0 bridgehead atoms. The normalized spacial score (nSPS) is 24.4. The summed E-state index contributed by atoms with van der Waals surface area (Å²) in [5, 5.41) is 14.6. The summed E-state index contributed by atoms with van der Waals surface area (Å²) in [7, 11) is 3.46. The van der Waals surface area contributed by atoms with Crippen LogP contribution in [0.25, 0.3) is 0 Å². The van der Waals surface area contributed by atoms with Crippen molar-refractivity contribution in [2.24, 2.45) is 0 Å². The fraction of sp³-hybridized carbons (Fsp3) is 0.917. The van der Waals surface area contributed by atoms with Gasteiger partial charge in [-0.3, -0.25) is 0 Å². The summed E-state index contributed by atoms with van der Waals surface area (Å²) in [6.45, 7) is 7.96. The lowest BCUT2D eigenvalue weighted by atomic mass is 9.79. The predicted molar refractivity (Wildman–Crippen MR) is 67.0 cm³/mol. The molecule has 5 heteroatoms. The minimum atomic E-state index is -0.327. The minimum Gasteiger partial charge on any atom is -0.335 e. The second-order valence-electron chi connectivity index (χ2n) is 6.39. The Morgan fingerprint density at radius 2 is 1.65 bits per heavy atom. The summed E-state index contributed by atoms with van der Waals surface area (Å²) < 4.78 is 0. The van der Waals surface area contributed by atoms with E-state index in [4.69, 9.17) is 0 Å². The molecule has 0 radical (unpaired) electrons. The van der Waals surface area contributed by atoms with Gasteiger partial charge in [-0.05, 0) is 40.5 Å². The Morgan fingerprint density at radius 1 is 1.24 bits per heavy atom. The molecule has 5 nitrogen and oxygen atoms in total. The average Bonchev–Trinajstić information content (AvgIpc) is 2.12. The van der Waals surface area contributed by atoms with Crippen molar-refractivity contribution in [3.8, 4) is 0 Å². The molecule has 0 saturated carbocycles. The second kappa shape index (κ2) is 4.46. The van der Waals surface area contributed by atoms with Gasteiger partial charge in [-0.1, -0.05) is 0 Å². The Labute approximate surface area is 104 Å². The SMILES string of the molecule is CN(C)C(=O)NC1CC(C)(C)N(O)C(C)(C)C1. The summed E-state index contributed by atoms with van der Waals surface area (Å²) in [5.74, 6) is 0. The van der Waals surface area contributed by atoms with Crippen molar-refractivity contribution in [2.75, 3.05) is 14.1 Å². The summed E-state index contributed by atoms with van der Waals surface area (Å²) in [5.41, 5.74) is -0.655. The van der Waals surface area contributed by atoms with Crippen LogP contribution >= 0.6 is 0 Å². The molecule has 0 spiro atoms. The Bertz CT molecular complexity index is 282. The molecule has 1 fully saturated rings. The van der Waals surface area contributed by atoms with Gasteiger partial charge in [0.05, 0.1) is 0 Å². The van der Waals surface area contributed by atoms with Crippen molar-refractivity contribution < 1.29 is 10.0 Å². The number of hydroxylamine groups is 2. The molecule has 0 aliphatic carbocycles. The third-order valence-electron chi connectivity index (χ3n) is 3.37. The van der Waals surface area contributed by atoms with Crippen molar-refractivity contribution in [3.05, 3.63) is 0 Å². The van der Waals surface area contributed by atoms with E-state index in [0.29, 0.717) is 0 Å². The van der Waals surface area contributed by atoms with Crippen molar-refractivity contribution in [2.45, 2.75) is 57.7 Å². The zero-order valence-corrected chi connectivity index (χ0v) is 11.7. The van der Waals surface area contributed by atoms with Crippen LogP contribution in [0.15, 0.2) is 0 Å². The van der Waals surface area contributed by atoms with Crippen LogP contribution in [-0.2, 0) is 0 Å². The molecular formula is C12H25N3O2. The van der Waals surface area contributed by atoms with Crippen molar-refractivity contribution in [1.29, 1.82) is 0 Å². The van der Waals surface area contributed by atoms with Gasteiger partial charge in [0.1, 0.15) is 0 Å². The quantitative estimate of drug-likeness (QED) is 0.736. The maximum absolute atomic E-state index is 11.7.